The largest absolute Gasteiger partial charge is 0.394 e. The van der Waals surface area contributed by atoms with Crippen molar-refractivity contribution in [2.24, 2.45) is 16.1 Å². The molecule has 276 valence electrons. The van der Waals surface area contributed by atoms with E-state index in [1.54, 1.807) is 23.1 Å². The Morgan fingerprint density at radius 1 is 1.08 bits per heavy atom. The average molecular weight is 750 g/mol. The maximum absolute atomic E-state index is 14.8. The van der Waals surface area contributed by atoms with Gasteiger partial charge in [0.15, 0.2) is 17.3 Å². The Morgan fingerprint density at radius 3 is 2.42 bits per heavy atom. The molecule has 2 aromatic heterocycles. The maximum atomic E-state index is 14.8. The zero-order valence-corrected chi connectivity index (χ0v) is 28.8. The quantitative estimate of drug-likeness (QED) is 0.133. The zero-order chi connectivity index (χ0) is 37.6. The molecule has 1 saturated carbocycles. The van der Waals surface area contributed by atoms with Crippen molar-refractivity contribution in [2.75, 3.05) is 6.67 Å². The monoisotopic (exact) mass is 749 g/mol. The highest BCUT2D eigenvalue weighted by Gasteiger charge is 2.59. The van der Waals surface area contributed by atoms with Crippen molar-refractivity contribution < 1.29 is 35.9 Å². The second kappa shape index (κ2) is 14.0. The summed E-state index contributed by atoms with van der Waals surface area (Å²) in [6.07, 6.45) is -2.03. The minimum absolute atomic E-state index is 0.00109. The van der Waals surface area contributed by atoms with Gasteiger partial charge in [0.2, 0.25) is 0 Å². The molecule has 1 amide bonds. The number of carbonyl (C=O) groups is 2. The number of hydrogen-bond acceptors (Lipinski definition) is 8. The van der Waals surface area contributed by atoms with E-state index < -0.39 is 66.9 Å². The van der Waals surface area contributed by atoms with Crippen LogP contribution in [0.15, 0.2) is 60.0 Å². The van der Waals surface area contributed by atoms with Gasteiger partial charge in [-0.2, -0.15) is 46.7 Å². The molecule has 0 radical (unpaired) electrons. The van der Waals surface area contributed by atoms with Crippen molar-refractivity contribution in [1.82, 2.24) is 34.7 Å². The lowest BCUT2D eigenvalue weighted by molar-refractivity contribution is -0.218. The maximum Gasteiger partial charge on any atom is 0.394 e. The van der Waals surface area contributed by atoms with Crippen molar-refractivity contribution in [1.29, 1.82) is 0 Å². The number of hydrogen-bond donors (Lipinski definition) is 1. The molecule has 3 heterocycles. The molecule has 0 saturated heterocycles. The number of halogens is 7. The van der Waals surface area contributed by atoms with Crippen LogP contribution in [-0.4, -0.2) is 65.2 Å². The summed E-state index contributed by atoms with van der Waals surface area (Å²) in [7, 11) is 0. The number of Topliss-reactive ketones (excluding diaryl/α,β-unsaturated/α-hetero) is 1. The predicted molar refractivity (Wildman–Crippen MR) is 178 cm³/mol. The first-order valence-corrected chi connectivity index (χ1v) is 16.8. The molecule has 0 spiro atoms. The van der Waals surface area contributed by atoms with Gasteiger partial charge in [0, 0.05) is 24.0 Å². The number of ketones is 1. The van der Waals surface area contributed by atoms with Crippen LogP contribution in [0.5, 0.6) is 0 Å². The van der Waals surface area contributed by atoms with Crippen LogP contribution in [-0.2, 0) is 15.1 Å². The van der Waals surface area contributed by atoms with E-state index in [1.807, 2.05) is 0 Å². The standard InChI is InChI=1S/C34H34ClF6N9O2/c1-32(2,34(39,40)41)17-33(21-6-3-19(4-7-21)26-16-44-50(47-26)22-8-9-22)29(52)48(31(42)46-33)27(12-10-23(51)13-14-36)20-5-11-25(35)24(15-20)28-43-18-45-49(28)30(37)38/h3-7,11,15-16,18,22,27,30H,8-10,12-14,17H2,1-2H3,(H2,42,46)/t27-,33-/m1/s1. The van der Waals surface area contributed by atoms with Crippen LogP contribution in [0.3, 0.4) is 0 Å². The van der Waals surface area contributed by atoms with E-state index in [9.17, 15) is 35.9 Å². The Balaban J connectivity index is 1.44. The van der Waals surface area contributed by atoms with Crippen molar-refractivity contribution in [3.8, 4) is 22.6 Å². The Hall–Kier alpha value is -4.80. The zero-order valence-electron chi connectivity index (χ0n) is 28.0. The summed E-state index contributed by atoms with van der Waals surface area (Å²) in [5.41, 5.74) is 3.30. The molecule has 2 N–H and O–H groups in total. The molecule has 52 heavy (non-hydrogen) atoms. The molecular weight excluding hydrogens is 716 g/mol. The number of benzene rings is 2. The molecular formula is C34H34ClF6N9O2. The Bertz CT molecular complexity index is 1990. The molecule has 4 aromatic rings. The minimum Gasteiger partial charge on any atom is -0.369 e. The van der Waals surface area contributed by atoms with Crippen molar-refractivity contribution in [3.63, 3.8) is 0 Å². The van der Waals surface area contributed by atoms with Crippen LogP contribution in [0.25, 0.3) is 22.6 Å². The van der Waals surface area contributed by atoms with E-state index in [1.165, 1.54) is 30.3 Å². The minimum atomic E-state index is -4.76. The number of rotatable bonds is 14. The lowest BCUT2D eigenvalue weighted by Crippen LogP contribution is -2.48. The molecule has 1 aliphatic heterocycles. The van der Waals surface area contributed by atoms with Crippen LogP contribution in [0.1, 0.15) is 82.1 Å². The number of amides is 1. The second-order valence-electron chi connectivity index (χ2n) is 13.5. The van der Waals surface area contributed by atoms with Crippen molar-refractivity contribution in [3.05, 3.63) is 71.1 Å². The van der Waals surface area contributed by atoms with Crippen LogP contribution < -0.4 is 5.73 Å². The fraction of sp³-hybridized carbons (Fsp3) is 0.441. The van der Waals surface area contributed by atoms with Crippen molar-refractivity contribution >= 4 is 29.3 Å². The number of alkyl halides is 6. The smallest absolute Gasteiger partial charge is 0.369 e. The average Bonchev–Trinajstić information content (AvgIpc) is 3.49. The Kier molecular flexibility index (Phi) is 9.93. The Morgan fingerprint density at radius 2 is 1.79 bits per heavy atom. The third-order valence-corrected chi connectivity index (χ3v) is 9.72. The van der Waals surface area contributed by atoms with Gasteiger partial charge in [-0.05, 0) is 48.9 Å². The van der Waals surface area contributed by atoms with E-state index in [2.05, 4.69) is 25.3 Å². The van der Waals surface area contributed by atoms with Gasteiger partial charge in [-0.25, -0.2) is 9.98 Å². The van der Waals surface area contributed by atoms with E-state index in [0.29, 0.717) is 15.9 Å². The van der Waals surface area contributed by atoms with Gasteiger partial charge in [0.05, 0.1) is 35.4 Å². The summed E-state index contributed by atoms with van der Waals surface area (Å²) in [6.45, 7) is -2.09. The van der Waals surface area contributed by atoms with Gasteiger partial charge >= 0.3 is 12.7 Å². The fourth-order valence-corrected chi connectivity index (χ4v) is 6.54. The summed E-state index contributed by atoms with van der Waals surface area (Å²) in [5, 5.41) is 12.3. The molecule has 6 rings (SSSR count). The number of aliphatic imine (C=N–C) groups is 1. The first-order chi connectivity index (χ1) is 24.6. The van der Waals surface area contributed by atoms with E-state index in [0.717, 1.165) is 37.9 Å². The fourth-order valence-electron chi connectivity index (χ4n) is 6.33. The molecule has 2 aromatic carbocycles. The lowest BCUT2D eigenvalue weighted by atomic mass is 9.74. The number of carbonyl (C=O) groups excluding carboxylic acids is 2. The van der Waals surface area contributed by atoms with Gasteiger partial charge < -0.3 is 5.73 Å². The molecule has 2 aliphatic rings. The summed E-state index contributed by atoms with van der Waals surface area (Å²) in [4.78, 5) is 38.4. The van der Waals surface area contributed by atoms with Gasteiger partial charge in [0.1, 0.15) is 17.8 Å². The second-order valence-corrected chi connectivity index (χ2v) is 13.9. The summed E-state index contributed by atoms with van der Waals surface area (Å²) in [6, 6.07) is 9.44. The molecule has 1 fully saturated rings. The number of nitrogens with two attached hydrogens (primary N) is 1. The highest BCUT2D eigenvalue weighted by Crippen LogP contribution is 2.51. The summed E-state index contributed by atoms with van der Waals surface area (Å²) in [5.74, 6) is -2.14. The van der Waals surface area contributed by atoms with Crippen LogP contribution in [0, 0.1) is 5.41 Å². The van der Waals surface area contributed by atoms with Crippen LogP contribution in [0.4, 0.5) is 26.3 Å². The van der Waals surface area contributed by atoms with Gasteiger partial charge in [0.25, 0.3) is 5.91 Å². The first-order valence-electron chi connectivity index (χ1n) is 16.4. The highest BCUT2D eigenvalue weighted by atomic mass is 35.5. The lowest BCUT2D eigenvalue weighted by Gasteiger charge is -2.37. The number of nitrogens with zero attached hydrogens (tertiary/aromatic N) is 8. The predicted octanol–water partition coefficient (Wildman–Crippen LogP) is 7.37. The number of guanidine groups is 1. The van der Waals surface area contributed by atoms with Gasteiger partial charge in [-0.3, -0.25) is 18.9 Å². The molecule has 18 heteroatoms. The first kappa shape index (κ1) is 37.0. The molecule has 0 unspecified atom stereocenters. The number of aromatic nitrogens is 6. The molecule has 0 bridgehead atoms. The SMILES string of the molecule is CC(C)(C[C@]1(c2ccc(-c3cnn(C4CC4)n3)cc2)N=C(N)N([C@H](CCC(=O)CCF)c2ccc(Cl)c(-c3ncnn3C(F)F)c2)C1=O)C(F)(F)F. The highest BCUT2D eigenvalue weighted by molar-refractivity contribution is 6.33. The Labute approximate surface area is 298 Å². The van der Waals surface area contributed by atoms with E-state index >= 15 is 0 Å². The van der Waals surface area contributed by atoms with Crippen LogP contribution >= 0.6 is 11.6 Å². The van der Waals surface area contributed by atoms with Crippen molar-refractivity contribution in [2.45, 2.75) is 82.7 Å². The van der Waals surface area contributed by atoms with Gasteiger partial charge in [-0.1, -0.05) is 55.8 Å². The summed E-state index contributed by atoms with van der Waals surface area (Å²) < 4.78 is 84.4. The van der Waals surface area contributed by atoms with E-state index in [4.69, 9.17) is 17.3 Å². The van der Waals surface area contributed by atoms with Gasteiger partial charge in [-0.15, -0.1) is 0 Å². The molecule has 11 nitrogen and oxygen atoms in total. The molecule has 2 atom stereocenters. The third-order valence-electron chi connectivity index (χ3n) is 9.39. The van der Waals surface area contributed by atoms with E-state index in [-0.39, 0.29) is 46.4 Å². The third kappa shape index (κ3) is 7.01. The normalized spacial score (nSPS) is 18.7. The summed E-state index contributed by atoms with van der Waals surface area (Å²) >= 11 is 6.41. The molecule has 1 aliphatic carbocycles. The topological polar surface area (TPSA) is 137 Å². The van der Waals surface area contributed by atoms with Crippen LogP contribution in [0.2, 0.25) is 5.02 Å².